The maximum absolute atomic E-state index is 8.40. The zero-order chi connectivity index (χ0) is 26.2. The number of hydrogen-bond acceptors (Lipinski definition) is 19. The van der Waals surface area contributed by atoms with Crippen LogP contribution < -0.4 is 0 Å². The molecule has 0 bridgehead atoms. The average Bonchev–Trinajstić information content (AvgIpc) is 2.73. The first-order valence-electron chi connectivity index (χ1n) is 3.89. The standard InChI is InChI=1S/6Ca.6O2Si.2H2O.5O/c;;;;;;6*1-3-2;;;;;;;/h;;;;;;;;;;;;2*1H2;;;;;/q;;;;;+2;;;;;;;;;;;;;/p-2. The van der Waals surface area contributed by atoms with E-state index < -0.39 is 55.8 Å². The molecule has 0 heterocycles. The SMILES string of the molecule is O=[Si]=O.O=[Si]=O.O=[Si]=O.O=[Si]=O.O=[Si]=O.O=[Si]=O.[Ca+2].[OH-].[OH-].[O]=[Ca].[O]=[Ca].[O]=[Ca].[O]=[Ca].[O]=[Ca]. The van der Waals surface area contributed by atoms with Gasteiger partial charge >= 0.3 is 280 Å². The molecule has 0 aliphatic heterocycles. The van der Waals surface area contributed by atoms with Crippen molar-refractivity contribution < 1.29 is 71.7 Å². The van der Waals surface area contributed by atoms with Gasteiger partial charge in [-0.05, 0) is 0 Å². The Labute approximate surface area is 335 Å². The molecule has 0 saturated heterocycles. The first-order chi connectivity index (χ1) is 13.5. The van der Waals surface area contributed by atoms with Gasteiger partial charge in [-0.2, -0.15) is 0 Å². The maximum atomic E-state index is 8.40. The molecule has 0 radical (unpaired) electrons. The van der Waals surface area contributed by atoms with Crippen molar-refractivity contribution in [2.24, 2.45) is 0 Å². The van der Waals surface area contributed by atoms with Gasteiger partial charge in [0.1, 0.15) is 0 Å². The molecular formula is H2Ca6O19Si6. The molecule has 0 aromatic heterocycles. The van der Waals surface area contributed by atoms with Crippen molar-refractivity contribution in [1.82, 2.24) is 0 Å². The zero-order valence-corrected chi connectivity index (χ0v) is 34.3. The summed E-state index contributed by atoms with van der Waals surface area (Å²) in [6.07, 6.45) is 0. The molecule has 152 valence electrons. The molecule has 0 amide bonds. The van der Waals surface area contributed by atoms with E-state index in [1.165, 1.54) is 0 Å². The van der Waals surface area contributed by atoms with Crippen LogP contribution in [0.3, 0.4) is 0 Å². The third-order valence-electron chi connectivity index (χ3n) is 0. The fourth-order valence-electron chi connectivity index (χ4n) is 0. The molecule has 0 unspecified atom stereocenters. The summed E-state index contributed by atoms with van der Waals surface area (Å²) in [5.74, 6) is 0. The van der Waals surface area contributed by atoms with E-state index in [9.17, 15) is 0 Å². The first kappa shape index (κ1) is 90.9. The van der Waals surface area contributed by atoms with Gasteiger partial charge in [-0.1, -0.05) is 0 Å². The van der Waals surface area contributed by atoms with Crippen LogP contribution in [-0.2, 0) is 60.7 Å². The molecular weight excluding hydrogens is 713 g/mol. The average molecular weight is 715 g/mol. The first-order valence-corrected chi connectivity index (χ1v) is 13.3. The molecule has 0 aliphatic rings. The topological polar surface area (TPSA) is 350 Å². The predicted molar refractivity (Wildman–Crippen MR) is 84.6 cm³/mol. The van der Waals surface area contributed by atoms with Crippen LogP contribution in [0.4, 0.5) is 0 Å². The van der Waals surface area contributed by atoms with Crippen molar-refractivity contribution >= 4 is 273 Å². The fraction of sp³-hybridized carbons (Fsp3) is 0. The molecule has 0 aromatic rings. The van der Waals surface area contributed by atoms with Crippen LogP contribution in [0, 0.1) is 0 Å². The third kappa shape index (κ3) is 1360. The van der Waals surface area contributed by atoms with E-state index in [1.807, 2.05) is 0 Å². The molecule has 0 atom stereocenters. The summed E-state index contributed by atoms with van der Waals surface area (Å²) in [6, 6.07) is 0. The second-order valence-electron chi connectivity index (χ2n) is 0.500. The van der Waals surface area contributed by atoms with Gasteiger partial charge in [0.25, 0.3) is 0 Å². The Hall–Kier alpha value is 5.38. The summed E-state index contributed by atoms with van der Waals surface area (Å²) in [7, 11) is -8.50. The monoisotopic (exact) mass is 714 g/mol. The Kier molecular flexibility index (Phi) is 947. The van der Waals surface area contributed by atoms with Gasteiger partial charge in [-0.15, -0.1) is 0 Å². The molecule has 0 spiro atoms. The second kappa shape index (κ2) is 323. The Morgan fingerprint density at radius 1 is 0.258 bits per heavy atom. The van der Waals surface area contributed by atoms with Gasteiger partial charge in [0.2, 0.25) is 0 Å². The molecule has 2 N–H and O–H groups in total. The van der Waals surface area contributed by atoms with E-state index in [1.54, 1.807) is 0 Å². The van der Waals surface area contributed by atoms with Crippen LogP contribution in [0.1, 0.15) is 0 Å². The van der Waals surface area contributed by atoms with Crippen LogP contribution >= 0.6 is 0 Å². The third-order valence-corrected chi connectivity index (χ3v) is 0. The number of rotatable bonds is 0. The van der Waals surface area contributed by atoms with Crippen molar-refractivity contribution in [2.45, 2.75) is 0 Å². The second-order valence-corrected chi connectivity index (χ2v) is 1.50. The minimum absolute atomic E-state index is 0. The van der Waals surface area contributed by atoms with Crippen molar-refractivity contribution in [2.75, 3.05) is 0 Å². The fourth-order valence-corrected chi connectivity index (χ4v) is 0. The molecule has 31 heteroatoms. The van der Waals surface area contributed by atoms with E-state index in [0.717, 1.165) is 0 Å². The van der Waals surface area contributed by atoms with Crippen molar-refractivity contribution in [1.29, 1.82) is 0 Å². The van der Waals surface area contributed by atoms with Crippen LogP contribution in [0.25, 0.3) is 0 Å². The van der Waals surface area contributed by atoms with Gasteiger partial charge in [-0.25, -0.2) is 0 Å². The predicted octanol–water partition coefficient (Wildman–Crippen LogP) is -6.94. The summed E-state index contributed by atoms with van der Waals surface area (Å²) in [6.45, 7) is 0. The van der Waals surface area contributed by atoms with Crippen molar-refractivity contribution in [3.8, 4) is 0 Å². The molecule has 0 saturated carbocycles. The molecule has 0 rings (SSSR count). The van der Waals surface area contributed by atoms with Crippen molar-refractivity contribution in [3.05, 3.63) is 0 Å². The van der Waals surface area contributed by atoms with E-state index in [2.05, 4.69) is 0 Å². The molecule has 0 aromatic carbocycles. The Morgan fingerprint density at radius 2 is 0.258 bits per heavy atom. The Morgan fingerprint density at radius 3 is 0.258 bits per heavy atom. The molecule has 0 fully saturated rings. The number of hydrogen-bond donors (Lipinski definition) is 0. The van der Waals surface area contributed by atoms with Crippen LogP contribution in [0.5, 0.6) is 0 Å². The van der Waals surface area contributed by atoms with E-state index in [-0.39, 0.29) is 228 Å². The van der Waals surface area contributed by atoms with E-state index in [0.29, 0.717) is 0 Å². The molecule has 0 aliphatic carbocycles. The van der Waals surface area contributed by atoms with Crippen molar-refractivity contribution in [3.63, 3.8) is 0 Å². The Balaban J connectivity index is -0.00000000851. The Bertz CT molecular complexity index is 317. The molecule has 19 nitrogen and oxygen atoms in total. The zero-order valence-electron chi connectivity index (χ0n) is 15.1. The van der Waals surface area contributed by atoms with E-state index in [4.69, 9.17) is 60.7 Å². The van der Waals surface area contributed by atoms with Gasteiger partial charge in [0.15, 0.2) is 0 Å². The van der Waals surface area contributed by atoms with Gasteiger partial charge in [-0.3, -0.25) is 53.5 Å². The summed E-state index contributed by atoms with van der Waals surface area (Å²) in [5.41, 5.74) is 0. The summed E-state index contributed by atoms with van der Waals surface area (Å²) in [5, 5.41) is 0. The quantitative estimate of drug-likeness (QED) is 0.210. The normalized spacial score (nSPS) is 2.52. The summed E-state index contributed by atoms with van der Waals surface area (Å²) < 4.78 is 143. The van der Waals surface area contributed by atoms with Crippen LogP contribution in [0.15, 0.2) is 0 Å². The van der Waals surface area contributed by atoms with Gasteiger partial charge in [0.05, 0.1) is 0 Å². The van der Waals surface area contributed by atoms with Gasteiger partial charge < -0.3 is 11.0 Å². The summed E-state index contributed by atoms with van der Waals surface area (Å²) >= 11 is 0.625. The van der Waals surface area contributed by atoms with Crippen LogP contribution in [0.2, 0.25) is 0 Å². The minimum atomic E-state index is -1.42. The summed E-state index contributed by atoms with van der Waals surface area (Å²) in [4.78, 5) is 0. The van der Waals surface area contributed by atoms with Gasteiger partial charge in [0, 0.05) is 0 Å². The van der Waals surface area contributed by atoms with Crippen LogP contribution in [-0.4, -0.2) is 284 Å². The van der Waals surface area contributed by atoms with E-state index >= 15 is 0 Å². The molecule has 31 heavy (non-hydrogen) atoms.